The molecule has 2 nitrogen and oxygen atoms in total. The van der Waals surface area contributed by atoms with Gasteiger partial charge in [-0.2, -0.15) is 0 Å². The lowest BCUT2D eigenvalue weighted by Gasteiger charge is -2.06. The van der Waals surface area contributed by atoms with Crippen molar-refractivity contribution in [2.75, 3.05) is 0 Å². The first-order valence-electron chi connectivity index (χ1n) is 4.01. The fourth-order valence-corrected chi connectivity index (χ4v) is 1.27. The van der Waals surface area contributed by atoms with Crippen LogP contribution in [0.1, 0.15) is 24.0 Å². The van der Waals surface area contributed by atoms with Crippen molar-refractivity contribution < 1.29 is 9.90 Å². The van der Waals surface area contributed by atoms with Crippen LogP contribution in [0.25, 0.3) is 0 Å². The molecule has 0 aliphatic heterocycles. The molecule has 0 amide bonds. The number of phenols is 1. The van der Waals surface area contributed by atoms with Crippen LogP contribution in [0.5, 0.6) is 5.75 Å². The van der Waals surface area contributed by atoms with Gasteiger partial charge < -0.3 is 9.90 Å². The Balaban J connectivity index is 3.07. The molecule has 0 saturated carbocycles. The van der Waals surface area contributed by atoms with Crippen molar-refractivity contribution in [2.45, 2.75) is 18.7 Å². The van der Waals surface area contributed by atoms with Gasteiger partial charge in [-0.05, 0) is 23.3 Å². The normalized spacial score (nSPS) is 12.5. The third-order valence-corrected chi connectivity index (χ3v) is 2.19. The maximum atomic E-state index is 10.5. The maximum Gasteiger partial charge on any atom is 0.127 e. The number of carbonyl (C=O) groups is 1. The highest BCUT2D eigenvalue weighted by Crippen LogP contribution is 2.22. The number of aromatic hydroxyl groups is 1. The summed E-state index contributed by atoms with van der Waals surface area (Å²) < 4.78 is 0. The van der Waals surface area contributed by atoms with Crippen molar-refractivity contribution in [1.82, 2.24) is 0 Å². The Morgan fingerprint density at radius 2 is 2.23 bits per heavy atom. The molecule has 0 bridgehead atoms. The number of halogens is 1. The number of hydrogen-bond acceptors (Lipinski definition) is 2. The molecule has 0 saturated heterocycles. The monoisotopic (exact) mass is 198 g/mol. The van der Waals surface area contributed by atoms with E-state index >= 15 is 0 Å². The zero-order chi connectivity index (χ0) is 9.84. The zero-order valence-electron chi connectivity index (χ0n) is 7.33. The Morgan fingerprint density at radius 1 is 1.54 bits per heavy atom. The minimum absolute atomic E-state index is 0.154. The third-order valence-electron chi connectivity index (χ3n) is 1.88. The van der Waals surface area contributed by atoms with Gasteiger partial charge in [0.05, 0.1) is 0 Å². The van der Waals surface area contributed by atoms with Crippen LogP contribution in [-0.2, 0) is 10.7 Å². The predicted molar refractivity (Wildman–Crippen MR) is 52.1 cm³/mol. The van der Waals surface area contributed by atoms with Crippen molar-refractivity contribution in [3.8, 4) is 5.75 Å². The highest BCUT2D eigenvalue weighted by Gasteiger charge is 2.06. The highest BCUT2D eigenvalue weighted by molar-refractivity contribution is 6.17. The number of rotatable bonds is 3. The molecule has 0 fully saturated rings. The smallest absolute Gasteiger partial charge is 0.127 e. The summed E-state index contributed by atoms with van der Waals surface area (Å²) in [5.41, 5.74) is 1.62. The molecule has 1 aromatic carbocycles. The van der Waals surface area contributed by atoms with Crippen molar-refractivity contribution in [1.29, 1.82) is 0 Å². The largest absolute Gasteiger partial charge is 0.508 e. The first-order chi connectivity index (χ1) is 6.17. The number of phenolic OH excluding ortho intramolecular Hbond substituents is 1. The summed E-state index contributed by atoms with van der Waals surface area (Å²) in [6.07, 6.45) is 0.840. The summed E-state index contributed by atoms with van der Waals surface area (Å²) in [7, 11) is 0. The van der Waals surface area contributed by atoms with E-state index in [2.05, 4.69) is 0 Å². The van der Waals surface area contributed by atoms with Crippen LogP contribution in [0.2, 0.25) is 0 Å². The van der Waals surface area contributed by atoms with E-state index < -0.39 is 0 Å². The van der Waals surface area contributed by atoms with E-state index in [9.17, 15) is 9.90 Å². The fraction of sp³-hybridized carbons (Fsp3) is 0.300. The second kappa shape index (κ2) is 4.28. The molecule has 1 atom stereocenters. The minimum Gasteiger partial charge on any atom is -0.508 e. The Hall–Kier alpha value is -1.02. The van der Waals surface area contributed by atoms with Gasteiger partial charge in [0.15, 0.2) is 0 Å². The van der Waals surface area contributed by atoms with Crippen LogP contribution in [0, 0.1) is 0 Å². The number of alkyl halides is 1. The van der Waals surface area contributed by atoms with Crippen LogP contribution < -0.4 is 0 Å². The Morgan fingerprint density at radius 3 is 2.77 bits per heavy atom. The van der Waals surface area contributed by atoms with E-state index in [1.165, 1.54) is 0 Å². The first kappa shape index (κ1) is 10.1. The lowest BCUT2D eigenvalue weighted by molar-refractivity contribution is -0.108. The van der Waals surface area contributed by atoms with Crippen molar-refractivity contribution in [3.63, 3.8) is 0 Å². The Labute approximate surface area is 82.2 Å². The second-order valence-electron chi connectivity index (χ2n) is 2.99. The summed E-state index contributed by atoms with van der Waals surface area (Å²) in [4.78, 5) is 10.5. The molecule has 1 unspecified atom stereocenters. The molecule has 0 spiro atoms. The highest BCUT2D eigenvalue weighted by atomic mass is 35.5. The van der Waals surface area contributed by atoms with E-state index in [1.54, 1.807) is 19.1 Å². The molecule has 0 aliphatic rings. The molecule has 1 rings (SSSR count). The average Bonchev–Trinajstić information content (AvgIpc) is 2.15. The van der Waals surface area contributed by atoms with Crippen molar-refractivity contribution in [2.24, 2.45) is 0 Å². The first-order valence-corrected chi connectivity index (χ1v) is 4.55. The summed E-state index contributed by atoms with van der Waals surface area (Å²) in [5.74, 6) is 0.295. The molecule has 0 aromatic heterocycles. The van der Waals surface area contributed by atoms with Gasteiger partial charge in [-0.15, -0.1) is 11.6 Å². The van der Waals surface area contributed by atoms with Gasteiger partial charge >= 0.3 is 0 Å². The van der Waals surface area contributed by atoms with E-state index in [0.717, 1.165) is 17.4 Å². The molecule has 0 heterocycles. The molecule has 0 radical (unpaired) electrons. The fourth-order valence-electron chi connectivity index (χ4n) is 1.12. The standard InChI is InChI=1S/C10H11ClO2/c1-7(6-12)9-2-8(5-11)3-10(13)4-9/h2-4,6-7,13H,5H2,1H3. The second-order valence-corrected chi connectivity index (χ2v) is 3.26. The van der Waals surface area contributed by atoms with Gasteiger partial charge in [0.2, 0.25) is 0 Å². The van der Waals surface area contributed by atoms with Crippen molar-refractivity contribution >= 4 is 17.9 Å². The van der Waals surface area contributed by atoms with Crippen LogP contribution in [-0.4, -0.2) is 11.4 Å². The predicted octanol–water partition coefficient (Wildman–Crippen LogP) is 2.43. The maximum absolute atomic E-state index is 10.5. The number of aldehydes is 1. The average molecular weight is 199 g/mol. The van der Waals surface area contributed by atoms with E-state index in [4.69, 9.17) is 11.6 Å². The SMILES string of the molecule is CC(C=O)c1cc(O)cc(CCl)c1. The topological polar surface area (TPSA) is 37.3 Å². The molecule has 1 aromatic rings. The van der Waals surface area contributed by atoms with E-state index in [0.29, 0.717) is 5.88 Å². The molecule has 70 valence electrons. The van der Waals surface area contributed by atoms with Crippen LogP contribution in [0.3, 0.4) is 0 Å². The molecule has 3 heteroatoms. The van der Waals surface area contributed by atoms with Crippen LogP contribution in [0.15, 0.2) is 18.2 Å². The van der Waals surface area contributed by atoms with E-state index in [1.807, 2.05) is 6.07 Å². The van der Waals surface area contributed by atoms with Crippen LogP contribution >= 0.6 is 11.6 Å². The van der Waals surface area contributed by atoms with Gasteiger partial charge in [-0.3, -0.25) is 0 Å². The molecule has 1 N–H and O–H groups in total. The molecular weight excluding hydrogens is 188 g/mol. The quantitative estimate of drug-likeness (QED) is 0.598. The summed E-state index contributed by atoms with van der Waals surface area (Å²) >= 11 is 5.62. The van der Waals surface area contributed by atoms with Gasteiger partial charge in [0.25, 0.3) is 0 Å². The Bertz CT molecular complexity index is 310. The summed E-state index contributed by atoms with van der Waals surface area (Å²) in [6.45, 7) is 1.78. The zero-order valence-corrected chi connectivity index (χ0v) is 8.08. The van der Waals surface area contributed by atoms with E-state index in [-0.39, 0.29) is 11.7 Å². The minimum atomic E-state index is -0.200. The molecule has 0 aliphatic carbocycles. The molecule has 13 heavy (non-hydrogen) atoms. The lowest BCUT2D eigenvalue weighted by Crippen LogP contribution is -1.95. The summed E-state index contributed by atoms with van der Waals surface area (Å²) in [6, 6.07) is 4.99. The summed E-state index contributed by atoms with van der Waals surface area (Å²) in [5, 5.41) is 9.29. The number of carbonyl (C=O) groups excluding carboxylic acids is 1. The number of benzene rings is 1. The van der Waals surface area contributed by atoms with Gasteiger partial charge in [-0.25, -0.2) is 0 Å². The molecular formula is C10H11ClO2. The lowest BCUT2D eigenvalue weighted by atomic mass is 10.0. The van der Waals surface area contributed by atoms with Gasteiger partial charge in [0.1, 0.15) is 12.0 Å². The van der Waals surface area contributed by atoms with Gasteiger partial charge in [0, 0.05) is 11.8 Å². The number of hydrogen-bond donors (Lipinski definition) is 1. The third kappa shape index (κ3) is 2.46. The van der Waals surface area contributed by atoms with Gasteiger partial charge in [-0.1, -0.05) is 13.0 Å². The Kier molecular flexibility index (Phi) is 3.32. The van der Waals surface area contributed by atoms with Crippen LogP contribution in [0.4, 0.5) is 0 Å². The van der Waals surface area contributed by atoms with Crippen molar-refractivity contribution in [3.05, 3.63) is 29.3 Å².